The van der Waals surface area contributed by atoms with Crippen molar-refractivity contribution < 1.29 is 13.9 Å². The van der Waals surface area contributed by atoms with Crippen molar-refractivity contribution in [3.63, 3.8) is 0 Å². The molecule has 138 valence electrons. The highest BCUT2D eigenvalue weighted by Crippen LogP contribution is 2.33. The van der Waals surface area contributed by atoms with Gasteiger partial charge < -0.3 is 14.1 Å². The molecular weight excluding hydrogens is 332 g/mol. The fraction of sp³-hybridized carbons (Fsp3) is 0.526. The average Bonchev–Trinajstić information content (AvgIpc) is 3.14. The number of aromatic nitrogens is 2. The zero-order chi connectivity index (χ0) is 18.0. The van der Waals surface area contributed by atoms with Crippen LogP contribution in [0.15, 0.2) is 35.3 Å². The van der Waals surface area contributed by atoms with Crippen molar-refractivity contribution in [1.29, 1.82) is 0 Å². The van der Waals surface area contributed by atoms with Gasteiger partial charge in [-0.25, -0.2) is 9.97 Å². The fourth-order valence-corrected chi connectivity index (χ4v) is 3.72. The number of amides is 1. The molecule has 0 atom stereocenters. The summed E-state index contributed by atoms with van der Waals surface area (Å²) in [5, 5.41) is 0. The number of morpholine rings is 1. The molecule has 7 nitrogen and oxygen atoms in total. The first-order valence-corrected chi connectivity index (χ1v) is 9.17. The van der Waals surface area contributed by atoms with E-state index in [0.29, 0.717) is 6.54 Å². The normalized spacial score (nSPS) is 20.7. The van der Waals surface area contributed by atoms with Gasteiger partial charge in [-0.1, -0.05) is 6.92 Å². The average molecular weight is 356 g/mol. The first kappa shape index (κ1) is 17.2. The molecule has 2 aromatic rings. The topological polar surface area (TPSA) is 71.7 Å². The standard InChI is InChI=1S/C19H24N4O3/c1-2-16-3-4-17(26-16)11-22-7-5-19(6-8-22)13-23(18(24)12-25-19)15-9-20-14-21-10-15/h3-4,9-10,14H,2,5-8,11-13H2,1H3. The fourth-order valence-electron chi connectivity index (χ4n) is 3.72. The third kappa shape index (κ3) is 3.50. The van der Waals surface area contributed by atoms with Crippen molar-refractivity contribution >= 4 is 11.6 Å². The number of anilines is 1. The number of hydrogen-bond donors (Lipinski definition) is 0. The van der Waals surface area contributed by atoms with Crippen LogP contribution < -0.4 is 4.90 Å². The van der Waals surface area contributed by atoms with Gasteiger partial charge in [-0.15, -0.1) is 0 Å². The molecular formula is C19H24N4O3. The lowest BCUT2D eigenvalue weighted by Crippen LogP contribution is -2.58. The van der Waals surface area contributed by atoms with Gasteiger partial charge in [0, 0.05) is 19.5 Å². The summed E-state index contributed by atoms with van der Waals surface area (Å²) >= 11 is 0. The smallest absolute Gasteiger partial charge is 0.253 e. The zero-order valence-electron chi connectivity index (χ0n) is 15.1. The van der Waals surface area contributed by atoms with Crippen molar-refractivity contribution in [1.82, 2.24) is 14.9 Å². The van der Waals surface area contributed by atoms with Gasteiger partial charge in [0.05, 0.1) is 36.8 Å². The summed E-state index contributed by atoms with van der Waals surface area (Å²) in [6.07, 6.45) is 7.55. The first-order valence-electron chi connectivity index (χ1n) is 9.17. The summed E-state index contributed by atoms with van der Waals surface area (Å²) in [4.78, 5) is 24.5. The van der Waals surface area contributed by atoms with Crippen molar-refractivity contribution in [2.24, 2.45) is 0 Å². The van der Waals surface area contributed by atoms with Gasteiger partial charge in [-0.3, -0.25) is 9.69 Å². The Hall–Kier alpha value is -2.25. The molecule has 7 heteroatoms. The number of rotatable bonds is 4. The second-order valence-electron chi connectivity index (χ2n) is 7.05. The number of aryl methyl sites for hydroxylation is 1. The third-order valence-electron chi connectivity index (χ3n) is 5.32. The van der Waals surface area contributed by atoms with Gasteiger partial charge in [0.2, 0.25) is 0 Å². The number of hydrogen-bond acceptors (Lipinski definition) is 6. The lowest BCUT2D eigenvalue weighted by atomic mass is 9.89. The highest BCUT2D eigenvalue weighted by atomic mass is 16.5. The van der Waals surface area contributed by atoms with Gasteiger partial charge in [0.25, 0.3) is 5.91 Å². The van der Waals surface area contributed by atoms with E-state index in [1.165, 1.54) is 6.33 Å². The Bertz CT molecular complexity index is 753. The molecule has 0 radical (unpaired) electrons. The molecule has 0 N–H and O–H groups in total. The predicted octanol–water partition coefficient (Wildman–Crippen LogP) is 2.03. The van der Waals surface area contributed by atoms with Crippen LogP contribution in [-0.4, -0.2) is 52.6 Å². The highest BCUT2D eigenvalue weighted by Gasteiger charge is 2.42. The van der Waals surface area contributed by atoms with Gasteiger partial charge in [0.15, 0.2) is 0 Å². The largest absolute Gasteiger partial charge is 0.465 e. The first-order chi connectivity index (χ1) is 12.7. The molecule has 2 saturated heterocycles. The SMILES string of the molecule is CCc1ccc(CN2CCC3(CC2)CN(c2cncnc2)C(=O)CO3)o1. The van der Waals surface area contributed by atoms with Crippen LogP contribution in [0.1, 0.15) is 31.3 Å². The molecule has 2 fully saturated rings. The van der Waals surface area contributed by atoms with Crippen molar-refractivity contribution in [3.05, 3.63) is 42.4 Å². The Morgan fingerprint density at radius 1 is 1.15 bits per heavy atom. The number of carbonyl (C=O) groups excluding carboxylic acids is 1. The molecule has 0 aliphatic carbocycles. The van der Waals surface area contributed by atoms with Gasteiger partial charge >= 0.3 is 0 Å². The highest BCUT2D eigenvalue weighted by molar-refractivity contribution is 5.94. The Morgan fingerprint density at radius 3 is 2.58 bits per heavy atom. The monoisotopic (exact) mass is 356 g/mol. The maximum atomic E-state index is 12.3. The van der Waals surface area contributed by atoms with Crippen molar-refractivity contribution in [2.75, 3.05) is 31.1 Å². The van der Waals surface area contributed by atoms with Crippen molar-refractivity contribution in [2.45, 2.75) is 38.3 Å². The van der Waals surface area contributed by atoms with Crippen LogP contribution in [-0.2, 0) is 22.5 Å². The van der Waals surface area contributed by atoms with Crippen LogP contribution in [0.4, 0.5) is 5.69 Å². The molecule has 4 rings (SSSR count). The summed E-state index contributed by atoms with van der Waals surface area (Å²) in [5.41, 5.74) is 0.461. The molecule has 2 aliphatic heterocycles. The number of ether oxygens (including phenoxy) is 1. The molecule has 4 heterocycles. The summed E-state index contributed by atoms with van der Waals surface area (Å²) in [7, 11) is 0. The molecule has 1 amide bonds. The number of nitrogens with zero attached hydrogens (tertiary/aromatic N) is 4. The summed E-state index contributed by atoms with van der Waals surface area (Å²) < 4.78 is 11.8. The van der Waals surface area contributed by atoms with E-state index in [2.05, 4.69) is 33.9 Å². The molecule has 2 aromatic heterocycles. The summed E-state index contributed by atoms with van der Waals surface area (Å²) in [5.74, 6) is 2.01. The quantitative estimate of drug-likeness (QED) is 0.835. The summed E-state index contributed by atoms with van der Waals surface area (Å²) in [6.45, 7) is 5.45. The maximum Gasteiger partial charge on any atom is 0.253 e. The Balaban J connectivity index is 1.39. The minimum atomic E-state index is -0.280. The minimum Gasteiger partial charge on any atom is -0.465 e. The lowest BCUT2D eigenvalue weighted by molar-refractivity contribution is -0.145. The van der Waals surface area contributed by atoms with Crippen LogP contribution in [0.5, 0.6) is 0 Å². The van der Waals surface area contributed by atoms with E-state index >= 15 is 0 Å². The number of carbonyl (C=O) groups is 1. The number of furan rings is 1. The van der Waals surface area contributed by atoms with Crippen LogP contribution in [0.25, 0.3) is 0 Å². The van der Waals surface area contributed by atoms with E-state index in [1.54, 1.807) is 17.3 Å². The van der Waals surface area contributed by atoms with Gasteiger partial charge in [0.1, 0.15) is 24.5 Å². The van der Waals surface area contributed by atoms with E-state index in [0.717, 1.165) is 56.1 Å². The molecule has 1 spiro atoms. The van der Waals surface area contributed by atoms with Gasteiger partial charge in [-0.2, -0.15) is 0 Å². The molecule has 2 aliphatic rings. The molecule has 26 heavy (non-hydrogen) atoms. The molecule has 0 saturated carbocycles. The Morgan fingerprint density at radius 2 is 1.88 bits per heavy atom. The van der Waals surface area contributed by atoms with E-state index in [-0.39, 0.29) is 18.1 Å². The lowest BCUT2D eigenvalue weighted by Gasteiger charge is -2.46. The van der Waals surface area contributed by atoms with E-state index in [4.69, 9.17) is 9.15 Å². The third-order valence-corrected chi connectivity index (χ3v) is 5.32. The second-order valence-corrected chi connectivity index (χ2v) is 7.05. The summed E-state index contributed by atoms with van der Waals surface area (Å²) in [6, 6.07) is 4.12. The van der Waals surface area contributed by atoms with Crippen molar-refractivity contribution in [3.8, 4) is 0 Å². The van der Waals surface area contributed by atoms with Crippen LogP contribution >= 0.6 is 0 Å². The predicted molar refractivity (Wildman–Crippen MR) is 95.7 cm³/mol. The Kier molecular flexibility index (Phi) is 4.74. The van der Waals surface area contributed by atoms with E-state index in [1.807, 2.05) is 0 Å². The molecule has 0 unspecified atom stereocenters. The van der Waals surface area contributed by atoms with Crippen LogP contribution in [0.3, 0.4) is 0 Å². The molecule has 0 aromatic carbocycles. The van der Waals surface area contributed by atoms with Gasteiger partial charge in [-0.05, 0) is 25.0 Å². The van der Waals surface area contributed by atoms with E-state index < -0.39 is 0 Å². The zero-order valence-corrected chi connectivity index (χ0v) is 15.1. The van der Waals surface area contributed by atoms with E-state index in [9.17, 15) is 4.79 Å². The van der Waals surface area contributed by atoms with Crippen LogP contribution in [0.2, 0.25) is 0 Å². The minimum absolute atomic E-state index is 0.0319. The molecule has 0 bridgehead atoms. The van der Waals surface area contributed by atoms with Crippen LogP contribution in [0, 0.1) is 0 Å². The number of likely N-dealkylation sites (tertiary alicyclic amines) is 1. The number of piperidine rings is 1. The maximum absolute atomic E-state index is 12.3. The Labute approximate surface area is 153 Å². The second kappa shape index (κ2) is 7.17.